The Hall–Kier alpha value is -4.88. The normalized spacial score (nSPS) is 14.5. The van der Waals surface area contributed by atoms with Gasteiger partial charge in [-0.3, -0.25) is 0 Å². The van der Waals surface area contributed by atoms with Gasteiger partial charge in [-0.1, -0.05) is 145 Å². The van der Waals surface area contributed by atoms with Crippen LogP contribution < -0.4 is 0 Å². The summed E-state index contributed by atoms with van der Waals surface area (Å²) in [5, 5.41) is 2.60. The van der Waals surface area contributed by atoms with Crippen molar-refractivity contribution in [3.63, 3.8) is 0 Å². The van der Waals surface area contributed by atoms with Gasteiger partial charge in [0, 0.05) is 22.4 Å². The van der Waals surface area contributed by atoms with E-state index in [0.29, 0.717) is 0 Å². The van der Waals surface area contributed by atoms with Crippen LogP contribution >= 0.6 is 0 Å². The molecule has 0 aliphatic heterocycles. The summed E-state index contributed by atoms with van der Waals surface area (Å²) in [6.07, 6.45) is 0. The van der Waals surface area contributed by atoms with Gasteiger partial charge in [0.15, 0.2) is 0 Å². The molecule has 0 radical (unpaired) electrons. The van der Waals surface area contributed by atoms with Gasteiger partial charge in [-0.05, 0) is 91.2 Å². The molecule has 0 bridgehead atoms. The summed E-state index contributed by atoms with van der Waals surface area (Å²) < 4.78 is 2.43. The lowest BCUT2D eigenvalue weighted by molar-refractivity contribution is 0.590. The SMILES string of the molecule is CC(C)(C)c1ccc2c(c1)-c1ccccc1C2c1cccc(-c2cccc(-n3c4ccccc4c4cc(C(C)(C)C)ccc43)c2)c1. The van der Waals surface area contributed by atoms with Crippen LogP contribution in [0.25, 0.3) is 49.7 Å². The zero-order chi connectivity index (χ0) is 31.8. The van der Waals surface area contributed by atoms with E-state index in [9.17, 15) is 0 Å². The molecule has 1 heterocycles. The predicted octanol–water partition coefficient (Wildman–Crippen LogP) is 12.2. The number of benzene rings is 6. The molecule has 7 aromatic rings. The van der Waals surface area contributed by atoms with E-state index < -0.39 is 0 Å². The molecule has 226 valence electrons. The third-order valence-corrected chi connectivity index (χ3v) is 9.99. The molecule has 1 aromatic heterocycles. The smallest absolute Gasteiger partial charge is 0.0541 e. The van der Waals surface area contributed by atoms with E-state index in [-0.39, 0.29) is 16.7 Å². The Kier molecular flexibility index (Phi) is 6.41. The van der Waals surface area contributed by atoms with Crippen LogP contribution in [0, 0.1) is 0 Å². The monoisotopic (exact) mass is 595 g/mol. The minimum Gasteiger partial charge on any atom is -0.309 e. The summed E-state index contributed by atoms with van der Waals surface area (Å²) in [7, 11) is 0. The van der Waals surface area contributed by atoms with Gasteiger partial charge >= 0.3 is 0 Å². The third-order valence-electron chi connectivity index (χ3n) is 9.99. The summed E-state index contributed by atoms with van der Waals surface area (Å²) in [4.78, 5) is 0. The fourth-order valence-corrected chi connectivity index (χ4v) is 7.47. The number of fused-ring (bicyclic) bond motifs is 6. The number of rotatable bonds is 3. The molecule has 1 heteroatoms. The Balaban J connectivity index is 1.24. The van der Waals surface area contributed by atoms with Crippen LogP contribution in [0.3, 0.4) is 0 Å². The lowest BCUT2D eigenvalue weighted by atomic mass is 9.83. The van der Waals surface area contributed by atoms with Crippen molar-refractivity contribution < 1.29 is 0 Å². The fourth-order valence-electron chi connectivity index (χ4n) is 7.47. The average Bonchev–Trinajstić information content (AvgIpc) is 3.56. The summed E-state index contributed by atoms with van der Waals surface area (Å²) in [5.74, 6) is 0.220. The Morgan fingerprint density at radius 2 is 1.09 bits per heavy atom. The van der Waals surface area contributed by atoms with Crippen molar-refractivity contribution in [3.05, 3.63) is 161 Å². The second kappa shape index (κ2) is 10.3. The molecule has 6 aromatic carbocycles. The van der Waals surface area contributed by atoms with E-state index in [4.69, 9.17) is 0 Å². The van der Waals surface area contributed by atoms with E-state index in [0.717, 1.165) is 0 Å². The van der Waals surface area contributed by atoms with Crippen molar-refractivity contribution in [1.82, 2.24) is 4.57 Å². The first-order valence-electron chi connectivity index (χ1n) is 16.6. The average molecular weight is 596 g/mol. The molecule has 0 N–H and O–H groups in total. The van der Waals surface area contributed by atoms with Crippen molar-refractivity contribution in [2.75, 3.05) is 0 Å². The van der Waals surface area contributed by atoms with Crippen molar-refractivity contribution in [3.8, 4) is 27.9 Å². The zero-order valence-corrected chi connectivity index (χ0v) is 27.7. The van der Waals surface area contributed by atoms with Gasteiger partial charge in [-0.25, -0.2) is 0 Å². The summed E-state index contributed by atoms with van der Waals surface area (Å²) in [6, 6.07) is 50.2. The number of hydrogen-bond donors (Lipinski definition) is 0. The van der Waals surface area contributed by atoms with Crippen molar-refractivity contribution in [2.45, 2.75) is 58.3 Å². The van der Waals surface area contributed by atoms with E-state index in [1.54, 1.807) is 0 Å². The molecule has 0 amide bonds. The third kappa shape index (κ3) is 4.60. The van der Waals surface area contributed by atoms with Gasteiger partial charge in [-0.2, -0.15) is 0 Å². The maximum Gasteiger partial charge on any atom is 0.0541 e. The van der Waals surface area contributed by atoms with E-state index >= 15 is 0 Å². The molecule has 8 rings (SSSR count). The van der Waals surface area contributed by atoms with E-state index in [2.05, 4.69) is 180 Å². The molecular formula is C45H41N. The minimum absolute atomic E-state index is 0.0948. The highest BCUT2D eigenvalue weighted by Gasteiger charge is 2.31. The van der Waals surface area contributed by atoms with Crippen LogP contribution in [0.4, 0.5) is 0 Å². The largest absolute Gasteiger partial charge is 0.309 e. The number of para-hydroxylation sites is 1. The quantitative estimate of drug-likeness (QED) is 0.191. The van der Waals surface area contributed by atoms with Gasteiger partial charge in [0.05, 0.1) is 11.0 Å². The summed E-state index contributed by atoms with van der Waals surface area (Å²) >= 11 is 0. The Morgan fingerprint density at radius 1 is 0.457 bits per heavy atom. The maximum atomic E-state index is 2.43. The molecule has 0 spiro atoms. The van der Waals surface area contributed by atoms with Crippen molar-refractivity contribution in [1.29, 1.82) is 0 Å². The molecule has 1 nitrogen and oxygen atoms in total. The number of hydrogen-bond acceptors (Lipinski definition) is 0. The van der Waals surface area contributed by atoms with Gasteiger partial charge < -0.3 is 4.57 Å². The Bertz CT molecular complexity index is 2280. The first-order chi connectivity index (χ1) is 22.1. The Morgan fingerprint density at radius 3 is 1.89 bits per heavy atom. The van der Waals surface area contributed by atoms with Crippen molar-refractivity contribution >= 4 is 21.8 Å². The topological polar surface area (TPSA) is 4.93 Å². The molecular weight excluding hydrogens is 555 g/mol. The van der Waals surface area contributed by atoms with Crippen molar-refractivity contribution in [2.24, 2.45) is 0 Å². The second-order valence-electron chi connectivity index (χ2n) is 15.1. The highest BCUT2D eigenvalue weighted by molar-refractivity contribution is 6.09. The fraction of sp³-hybridized carbons (Fsp3) is 0.200. The number of aromatic nitrogens is 1. The van der Waals surface area contributed by atoms with Gasteiger partial charge in [-0.15, -0.1) is 0 Å². The first-order valence-corrected chi connectivity index (χ1v) is 16.6. The molecule has 0 saturated heterocycles. The summed E-state index contributed by atoms with van der Waals surface area (Å²) in [5.41, 5.74) is 16.0. The van der Waals surface area contributed by atoms with Gasteiger partial charge in [0.25, 0.3) is 0 Å². The summed E-state index contributed by atoms with van der Waals surface area (Å²) in [6.45, 7) is 13.8. The lowest BCUT2D eigenvalue weighted by Gasteiger charge is -2.21. The molecule has 46 heavy (non-hydrogen) atoms. The molecule has 1 atom stereocenters. The number of nitrogens with zero attached hydrogens (tertiary/aromatic N) is 1. The van der Waals surface area contributed by atoms with Crippen LogP contribution in [0.5, 0.6) is 0 Å². The van der Waals surface area contributed by atoms with Gasteiger partial charge in [0.2, 0.25) is 0 Å². The van der Waals surface area contributed by atoms with Gasteiger partial charge in [0.1, 0.15) is 0 Å². The highest BCUT2D eigenvalue weighted by Crippen LogP contribution is 2.49. The first kappa shape index (κ1) is 28.6. The maximum absolute atomic E-state index is 2.43. The van der Waals surface area contributed by atoms with Crippen LogP contribution in [0.15, 0.2) is 133 Å². The van der Waals surface area contributed by atoms with E-state index in [1.807, 2.05) is 0 Å². The van der Waals surface area contributed by atoms with Crippen LogP contribution in [-0.4, -0.2) is 4.57 Å². The van der Waals surface area contributed by atoms with Crippen LogP contribution in [0.1, 0.15) is 75.3 Å². The molecule has 0 fully saturated rings. The predicted molar refractivity (Wildman–Crippen MR) is 196 cm³/mol. The minimum atomic E-state index is 0.0948. The second-order valence-corrected chi connectivity index (χ2v) is 15.1. The molecule has 1 unspecified atom stereocenters. The highest BCUT2D eigenvalue weighted by atomic mass is 15.0. The molecule has 0 saturated carbocycles. The van der Waals surface area contributed by atoms with E-state index in [1.165, 1.54) is 77.6 Å². The standard InChI is InChI=1S/C45H41N/c1-44(2,3)32-21-23-38-39(27-32)35-17-7-8-19-37(35)43(38)31-15-11-13-29(25-31)30-14-12-16-34(26-30)46-41-20-10-9-18-36(41)40-28-33(45(4,5)6)22-24-42(40)46/h7-28,43H,1-6H3. The Labute approximate surface area is 273 Å². The van der Waals surface area contributed by atoms with Crippen LogP contribution in [-0.2, 0) is 10.8 Å². The lowest BCUT2D eigenvalue weighted by Crippen LogP contribution is -2.11. The molecule has 1 aliphatic rings. The zero-order valence-electron chi connectivity index (χ0n) is 27.7. The molecule has 1 aliphatic carbocycles. The van der Waals surface area contributed by atoms with Crippen LogP contribution in [0.2, 0.25) is 0 Å².